The first kappa shape index (κ1) is 14.3. The molecule has 1 aromatic heterocycles. The Hall–Kier alpha value is -1.64. The molecule has 7 nitrogen and oxygen atoms in total. The van der Waals surface area contributed by atoms with Crippen LogP contribution in [0.2, 0.25) is 0 Å². The van der Waals surface area contributed by atoms with Crippen LogP contribution >= 0.6 is 0 Å². The van der Waals surface area contributed by atoms with Gasteiger partial charge in [0.25, 0.3) is 0 Å². The lowest BCUT2D eigenvalue weighted by molar-refractivity contribution is 0.308. The molecule has 0 bridgehead atoms. The Balaban J connectivity index is 1.93. The second-order valence-electron chi connectivity index (χ2n) is 5.70. The molecule has 0 spiro atoms. The molecule has 0 aliphatic carbocycles. The monoisotopic (exact) mass is 310 g/mol. The quantitative estimate of drug-likeness (QED) is 0.653. The first-order valence-electron chi connectivity index (χ1n) is 6.85. The van der Waals surface area contributed by atoms with Gasteiger partial charge in [-0.25, -0.2) is 17.9 Å². The Morgan fingerprint density at radius 2 is 1.81 bits per heavy atom. The average molecular weight is 310 g/mol. The first-order chi connectivity index (χ1) is 9.88. The minimum Gasteiger partial charge on any atom is -0.317 e. The van der Waals surface area contributed by atoms with Gasteiger partial charge in [-0.3, -0.25) is 0 Å². The highest BCUT2D eigenvalue weighted by Crippen LogP contribution is 2.22. The summed E-state index contributed by atoms with van der Waals surface area (Å²) >= 11 is 0. The molecular weight excluding hydrogens is 292 g/mol. The molecule has 0 unspecified atom stereocenters. The smallest absolute Gasteiger partial charge is 0.317 e. The van der Waals surface area contributed by atoms with Gasteiger partial charge < -0.3 is 15.3 Å². The first-order valence-corrected chi connectivity index (χ1v) is 8.33. The predicted octanol–water partition coefficient (Wildman–Crippen LogP) is 0.277. The SMILES string of the molecule is CC1(NS(=O)(=O)c2ccc3[nH]c(=O)[nH]c3c2)CCNCC1. The van der Waals surface area contributed by atoms with E-state index >= 15 is 0 Å². The van der Waals surface area contributed by atoms with Crippen molar-refractivity contribution in [1.82, 2.24) is 20.0 Å². The van der Waals surface area contributed by atoms with E-state index in [1.54, 1.807) is 6.07 Å². The highest BCUT2D eigenvalue weighted by molar-refractivity contribution is 7.89. The fraction of sp³-hybridized carbons (Fsp3) is 0.462. The summed E-state index contributed by atoms with van der Waals surface area (Å²) in [7, 11) is -3.61. The summed E-state index contributed by atoms with van der Waals surface area (Å²) in [6.07, 6.45) is 1.49. The number of benzene rings is 1. The van der Waals surface area contributed by atoms with E-state index in [0.717, 1.165) is 25.9 Å². The summed E-state index contributed by atoms with van der Waals surface area (Å²) < 4.78 is 27.8. The molecule has 1 aliphatic rings. The van der Waals surface area contributed by atoms with Gasteiger partial charge in [0.15, 0.2) is 0 Å². The standard InChI is InChI=1S/C13H18N4O3S/c1-13(4-6-14-7-5-13)17-21(19,20)9-2-3-10-11(8-9)16-12(18)15-10/h2-3,8,14,17H,4-7H2,1H3,(H2,15,16,18). The Labute approximate surface area is 122 Å². The van der Waals surface area contributed by atoms with Crippen molar-refractivity contribution in [3.05, 3.63) is 28.7 Å². The zero-order valence-corrected chi connectivity index (χ0v) is 12.5. The Morgan fingerprint density at radius 1 is 1.14 bits per heavy atom. The zero-order chi connectivity index (χ0) is 15.1. The van der Waals surface area contributed by atoms with Crippen LogP contribution in [0.1, 0.15) is 19.8 Å². The summed E-state index contributed by atoms with van der Waals surface area (Å²) in [5.74, 6) is 0. The third-order valence-corrected chi connectivity index (χ3v) is 5.52. The maximum absolute atomic E-state index is 12.5. The number of hydrogen-bond donors (Lipinski definition) is 4. The molecule has 1 aliphatic heterocycles. The Kier molecular flexibility index (Phi) is 3.39. The number of sulfonamides is 1. The van der Waals surface area contributed by atoms with Crippen molar-refractivity contribution in [3.8, 4) is 0 Å². The second-order valence-corrected chi connectivity index (χ2v) is 7.39. The molecule has 0 atom stereocenters. The van der Waals surface area contributed by atoms with Crippen molar-refractivity contribution >= 4 is 21.1 Å². The maximum Gasteiger partial charge on any atom is 0.323 e. The van der Waals surface area contributed by atoms with E-state index in [0.29, 0.717) is 11.0 Å². The summed E-state index contributed by atoms with van der Waals surface area (Å²) in [5.41, 5.74) is 0.285. The molecule has 0 amide bonds. The lowest BCUT2D eigenvalue weighted by Gasteiger charge is -2.34. The van der Waals surface area contributed by atoms with E-state index in [2.05, 4.69) is 20.0 Å². The Morgan fingerprint density at radius 3 is 2.52 bits per heavy atom. The van der Waals surface area contributed by atoms with E-state index in [1.165, 1.54) is 12.1 Å². The molecule has 0 saturated carbocycles. The van der Waals surface area contributed by atoms with Gasteiger partial charge in [0.2, 0.25) is 10.0 Å². The van der Waals surface area contributed by atoms with E-state index in [1.807, 2.05) is 6.92 Å². The largest absolute Gasteiger partial charge is 0.323 e. The number of piperidine rings is 1. The van der Waals surface area contributed by atoms with Crippen LogP contribution in [-0.4, -0.2) is 37.0 Å². The second kappa shape index (κ2) is 4.97. The number of aromatic nitrogens is 2. The molecule has 4 N–H and O–H groups in total. The van der Waals surface area contributed by atoms with Crippen LogP contribution in [-0.2, 0) is 10.0 Å². The van der Waals surface area contributed by atoms with Gasteiger partial charge in [0.1, 0.15) is 0 Å². The molecule has 8 heteroatoms. The molecule has 21 heavy (non-hydrogen) atoms. The number of fused-ring (bicyclic) bond motifs is 1. The summed E-state index contributed by atoms with van der Waals surface area (Å²) in [6.45, 7) is 3.51. The van der Waals surface area contributed by atoms with Crippen LogP contribution in [0.4, 0.5) is 0 Å². The molecule has 2 heterocycles. The lowest BCUT2D eigenvalue weighted by Crippen LogP contribution is -2.52. The molecule has 0 radical (unpaired) electrons. The zero-order valence-electron chi connectivity index (χ0n) is 11.7. The van der Waals surface area contributed by atoms with Crippen LogP contribution in [0.25, 0.3) is 11.0 Å². The number of imidazole rings is 1. The van der Waals surface area contributed by atoms with Gasteiger partial charge in [-0.1, -0.05) is 0 Å². The molecular formula is C13H18N4O3S. The molecule has 114 valence electrons. The van der Waals surface area contributed by atoms with E-state index < -0.39 is 15.6 Å². The highest BCUT2D eigenvalue weighted by Gasteiger charge is 2.32. The van der Waals surface area contributed by atoms with E-state index in [4.69, 9.17) is 0 Å². The molecule has 3 rings (SSSR count). The van der Waals surface area contributed by atoms with Crippen molar-refractivity contribution in [1.29, 1.82) is 0 Å². The lowest BCUT2D eigenvalue weighted by atomic mass is 9.92. The Bertz CT molecular complexity index is 815. The number of nitrogens with one attached hydrogen (secondary N) is 4. The predicted molar refractivity (Wildman–Crippen MR) is 79.7 cm³/mol. The minimum absolute atomic E-state index is 0.157. The fourth-order valence-corrected chi connectivity index (χ4v) is 4.13. The van der Waals surface area contributed by atoms with Gasteiger partial charge in [0.05, 0.1) is 15.9 Å². The van der Waals surface area contributed by atoms with Crippen molar-refractivity contribution in [2.24, 2.45) is 0 Å². The van der Waals surface area contributed by atoms with Crippen molar-refractivity contribution in [3.63, 3.8) is 0 Å². The van der Waals surface area contributed by atoms with Gasteiger partial charge in [-0.2, -0.15) is 0 Å². The van der Waals surface area contributed by atoms with E-state index in [9.17, 15) is 13.2 Å². The van der Waals surface area contributed by atoms with E-state index in [-0.39, 0.29) is 10.6 Å². The van der Waals surface area contributed by atoms with Crippen LogP contribution in [0.15, 0.2) is 27.9 Å². The van der Waals surface area contributed by atoms with Gasteiger partial charge in [-0.05, 0) is 51.1 Å². The minimum atomic E-state index is -3.61. The van der Waals surface area contributed by atoms with Crippen LogP contribution in [0, 0.1) is 0 Å². The van der Waals surface area contributed by atoms with Gasteiger partial charge in [-0.15, -0.1) is 0 Å². The average Bonchev–Trinajstić information content (AvgIpc) is 2.77. The maximum atomic E-state index is 12.5. The van der Waals surface area contributed by atoms with Gasteiger partial charge >= 0.3 is 5.69 Å². The normalized spacial score (nSPS) is 18.9. The van der Waals surface area contributed by atoms with Crippen LogP contribution < -0.4 is 15.7 Å². The number of H-pyrrole nitrogens is 2. The van der Waals surface area contributed by atoms with Crippen molar-refractivity contribution in [2.75, 3.05) is 13.1 Å². The van der Waals surface area contributed by atoms with Crippen molar-refractivity contribution < 1.29 is 8.42 Å². The number of hydrogen-bond acceptors (Lipinski definition) is 4. The molecule has 1 fully saturated rings. The summed E-state index contributed by atoms with van der Waals surface area (Å²) in [4.78, 5) is 16.6. The van der Waals surface area contributed by atoms with Crippen molar-refractivity contribution in [2.45, 2.75) is 30.2 Å². The third kappa shape index (κ3) is 2.87. The molecule has 1 saturated heterocycles. The van der Waals surface area contributed by atoms with Crippen LogP contribution in [0.5, 0.6) is 0 Å². The van der Waals surface area contributed by atoms with Crippen LogP contribution in [0.3, 0.4) is 0 Å². The summed E-state index contributed by atoms with van der Waals surface area (Å²) in [6, 6.07) is 4.56. The third-order valence-electron chi connectivity index (χ3n) is 3.89. The van der Waals surface area contributed by atoms with Gasteiger partial charge in [0, 0.05) is 5.54 Å². The molecule has 1 aromatic carbocycles. The fourth-order valence-electron chi connectivity index (χ4n) is 2.64. The summed E-state index contributed by atoms with van der Waals surface area (Å²) in [5, 5.41) is 3.21. The molecule has 2 aromatic rings. The number of aromatic amines is 2. The topological polar surface area (TPSA) is 107 Å². The highest BCUT2D eigenvalue weighted by atomic mass is 32.2. The number of rotatable bonds is 3.